The second-order valence-electron chi connectivity index (χ2n) is 17.5. The van der Waals surface area contributed by atoms with Gasteiger partial charge in [0.05, 0.1) is 13.2 Å². The van der Waals surface area contributed by atoms with Gasteiger partial charge in [-0.2, -0.15) is 0 Å². The first kappa shape index (κ1) is 44.7. The standard InChI is InChI=1S/C62H56N2O2S2/c1-5-45-21-17-22-46(36-45)20-13-14-33-66-58-42-55(61-39-47-37-53(29-31-59(47)67-61)63(49-23-9-7-10-24-49)51-27-15-18-43(3)34-51)57(65-6-2)41-56(58)62-40-48-38-54(30-32-60(48)68-62)64(50-25-11-8-12-26-50)52-28-16-19-44(4)35-52/h5,7-12,15,17-18,21-32,34-42H,1,6,13-14,16,19-20,33H2,2-4H3. The van der Waals surface area contributed by atoms with Gasteiger partial charge >= 0.3 is 0 Å². The number of thiophene rings is 2. The summed E-state index contributed by atoms with van der Waals surface area (Å²) in [6, 6.07) is 61.5. The van der Waals surface area contributed by atoms with Crippen molar-refractivity contribution in [2.75, 3.05) is 23.0 Å². The van der Waals surface area contributed by atoms with Gasteiger partial charge in [-0.05, 0) is 183 Å². The van der Waals surface area contributed by atoms with Gasteiger partial charge in [-0.3, -0.25) is 0 Å². The Morgan fingerprint density at radius 1 is 0.574 bits per heavy atom. The van der Waals surface area contributed by atoms with E-state index in [1.54, 1.807) is 22.7 Å². The first-order valence-corrected chi connectivity index (χ1v) is 25.4. The average Bonchev–Trinajstić information content (AvgIpc) is 4.00. The molecule has 4 nitrogen and oxygen atoms in total. The Morgan fingerprint density at radius 2 is 1.18 bits per heavy atom. The Morgan fingerprint density at radius 3 is 1.81 bits per heavy atom. The predicted molar refractivity (Wildman–Crippen MR) is 293 cm³/mol. The summed E-state index contributed by atoms with van der Waals surface area (Å²) >= 11 is 3.60. The minimum atomic E-state index is 0.548. The number of allylic oxidation sites excluding steroid dienone is 3. The van der Waals surface area contributed by atoms with E-state index in [0.717, 1.165) is 98.5 Å². The summed E-state index contributed by atoms with van der Waals surface area (Å²) < 4.78 is 15.9. The van der Waals surface area contributed by atoms with Crippen molar-refractivity contribution >= 4 is 77.4 Å². The Hall–Kier alpha value is -7.12. The fourth-order valence-corrected chi connectivity index (χ4v) is 11.4. The number of fused-ring (bicyclic) bond motifs is 2. The van der Waals surface area contributed by atoms with Crippen molar-refractivity contribution in [3.05, 3.63) is 217 Å². The van der Waals surface area contributed by atoms with E-state index in [4.69, 9.17) is 9.47 Å². The lowest BCUT2D eigenvalue weighted by molar-refractivity contribution is 0.306. The molecule has 2 aromatic heterocycles. The van der Waals surface area contributed by atoms with Crippen LogP contribution in [0.15, 0.2) is 200 Å². The summed E-state index contributed by atoms with van der Waals surface area (Å²) in [6.07, 6.45) is 11.7. The molecule has 1 aliphatic carbocycles. The van der Waals surface area contributed by atoms with E-state index >= 15 is 0 Å². The number of para-hydroxylation sites is 2. The maximum atomic E-state index is 6.92. The Labute approximate surface area is 409 Å². The highest BCUT2D eigenvalue weighted by atomic mass is 32.1. The molecule has 0 unspecified atom stereocenters. The molecule has 1 aliphatic rings. The van der Waals surface area contributed by atoms with Gasteiger partial charge in [0.1, 0.15) is 11.5 Å². The van der Waals surface area contributed by atoms with E-state index in [2.05, 4.69) is 219 Å². The SMILES string of the molecule is C=Cc1cccc(CCCCOc2cc(-c3cc4cc(N(c5ccccc5)c5cccc(C)c5)ccc4s3)c(OCC)cc2-c2cc3cc(N(C4=CCCC(C)=C4)c4ccccc4)ccc3s2)c1. The van der Waals surface area contributed by atoms with Crippen LogP contribution in [0, 0.1) is 6.92 Å². The van der Waals surface area contributed by atoms with E-state index in [1.165, 1.54) is 42.6 Å². The van der Waals surface area contributed by atoms with Crippen molar-refractivity contribution in [3.8, 4) is 32.4 Å². The predicted octanol–water partition coefficient (Wildman–Crippen LogP) is 18.4. The van der Waals surface area contributed by atoms with E-state index in [-0.39, 0.29) is 0 Å². The molecular weight excluding hydrogens is 869 g/mol. The average molecular weight is 925 g/mol. The highest BCUT2D eigenvalue weighted by molar-refractivity contribution is 7.22. The Bertz CT molecular complexity index is 3290. The fraction of sp³-hybridized carbons (Fsp3) is 0.161. The van der Waals surface area contributed by atoms with Crippen molar-refractivity contribution in [1.29, 1.82) is 0 Å². The molecule has 0 saturated carbocycles. The van der Waals surface area contributed by atoms with Crippen LogP contribution in [0.1, 0.15) is 56.2 Å². The molecule has 68 heavy (non-hydrogen) atoms. The highest BCUT2D eigenvalue weighted by Crippen LogP contribution is 2.48. The summed E-state index contributed by atoms with van der Waals surface area (Å²) in [5, 5.41) is 2.39. The van der Waals surface area contributed by atoms with Gasteiger partial charge in [0.15, 0.2) is 0 Å². The molecule has 0 atom stereocenters. The maximum absolute atomic E-state index is 6.92. The first-order chi connectivity index (χ1) is 33.4. The maximum Gasteiger partial charge on any atom is 0.128 e. The van der Waals surface area contributed by atoms with Gasteiger partial charge in [-0.1, -0.05) is 97.1 Å². The molecule has 6 heteroatoms. The third-order valence-corrected chi connectivity index (χ3v) is 14.9. The summed E-state index contributed by atoms with van der Waals surface area (Å²) in [6.45, 7) is 11.6. The monoisotopic (exact) mass is 924 g/mol. The molecule has 9 aromatic rings. The second-order valence-corrected chi connectivity index (χ2v) is 19.7. The second kappa shape index (κ2) is 20.4. The van der Waals surface area contributed by atoms with Crippen LogP contribution in [0.3, 0.4) is 0 Å². The van der Waals surface area contributed by atoms with Crippen LogP contribution in [0.2, 0.25) is 0 Å². The molecule has 7 aromatic carbocycles. The lowest BCUT2D eigenvalue weighted by Crippen LogP contribution is -2.16. The number of benzene rings is 7. The van der Waals surface area contributed by atoms with Crippen LogP contribution >= 0.6 is 22.7 Å². The molecule has 2 heterocycles. The van der Waals surface area contributed by atoms with Crippen LogP contribution in [0.4, 0.5) is 28.4 Å². The van der Waals surface area contributed by atoms with Crippen molar-refractivity contribution in [2.24, 2.45) is 0 Å². The van der Waals surface area contributed by atoms with E-state index in [1.807, 2.05) is 6.08 Å². The molecule has 0 amide bonds. The summed E-state index contributed by atoms with van der Waals surface area (Å²) in [7, 11) is 0. The number of ether oxygens (including phenoxy) is 2. The smallest absolute Gasteiger partial charge is 0.128 e. The molecule has 0 radical (unpaired) electrons. The summed E-state index contributed by atoms with van der Waals surface area (Å²) in [5.41, 5.74) is 14.1. The van der Waals surface area contributed by atoms with E-state index in [0.29, 0.717) is 13.2 Å². The number of hydrogen-bond acceptors (Lipinski definition) is 6. The fourth-order valence-electron chi connectivity index (χ4n) is 9.24. The van der Waals surface area contributed by atoms with Gasteiger partial charge < -0.3 is 19.3 Å². The molecule has 0 saturated heterocycles. The summed E-state index contributed by atoms with van der Waals surface area (Å²) in [4.78, 5) is 7.02. The van der Waals surface area contributed by atoms with E-state index in [9.17, 15) is 0 Å². The van der Waals surface area contributed by atoms with Gasteiger partial charge in [-0.25, -0.2) is 0 Å². The highest BCUT2D eigenvalue weighted by Gasteiger charge is 2.22. The molecule has 10 rings (SSSR count). The quantitative estimate of drug-likeness (QED) is 0.0850. The van der Waals surface area contributed by atoms with Gasteiger partial charge in [0, 0.05) is 64.4 Å². The number of anilines is 5. The molecule has 0 bridgehead atoms. The van der Waals surface area contributed by atoms with Crippen molar-refractivity contribution < 1.29 is 9.47 Å². The minimum Gasteiger partial charge on any atom is -0.493 e. The summed E-state index contributed by atoms with van der Waals surface area (Å²) in [5.74, 6) is 1.73. The molecule has 0 spiro atoms. The van der Waals surface area contributed by atoms with Crippen LogP contribution < -0.4 is 19.3 Å². The normalized spacial score (nSPS) is 12.5. The number of hydrogen-bond donors (Lipinski definition) is 0. The van der Waals surface area contributed by atoms with Crippen molar-refractivity contribution in [1.82, 2.24) is 0 Å². The molecular formula is C62H56N2O2S2. The molecule has 338 valence electrons. The van der Waals surface area contributed by atoms with Gasteiger partial charge in [-0.15, -0.1) is 22.7 Å². The minimum absolute atomic E-state index is 0.548. The van der Waals surface area contributed by atoms with Crippen LogP contribution in [-0.2, 0) is 6.42 Å². The third kappa shape index (κ3) is 9.80. The Kier molecular flexibility index (Phi) is 13.4. The zero-order chi connectivity index (χ0) is 46.4. The van der Waals surface area contributed by atoms with Crippen LogP contribution in [-0.4, -0.2) is 13.2 Å². The number of unbranched alkanes of at least 4 members (excludes halogenated alkanes) is 1. The zero-order valence-corrected chi connectivity index (χ0v) is 40.7. The first-order valence-electron chi connectivity index (χ1n) is 23.8. The van der Waals surface area contributed by atoms with Crippen LogP contribution in [0.5, 0.6) is 11.5 Å². The molecule has 0 N–H and O–H groups in total. The van der Waals surface area contributed by atoms with Crippen molar-refractivity contribution in [3.63, 3.8) is 0 Å². The molecule has 0 aliphatic heterocycles. The number of nitrogens with zero attached hydrogens (tertiary/aromatic N) is 2. The molecule has 0 fully saturated rings. The lowest BCUT2D eigenvalue weighted by Gasteiger charge is -2.28. The zero-order valence-electron chi connectivity index (χ0n) is 39.1. The van der Waals surface area contributed by atoms with Crippen molar-refractivity contribution in [2.45, 2.75) is 52.9 Å². The topological polar surface area (TPSA) is 24.9 Å². The third-order valence-electron chi connectivity index (χ3n) is 12.6. The lowest BCUT2D eigenvalue weighted by atomic mass is 10.0. The largest absolute Gasteiger partial charge is 0.493 e. The Balaban J connectivity index is 1.03. The number of rotatable bonds is 17. The van der Waals surface area contributed by atoms with Gasteiger partial charge in [0.25, 0.3) is 0 Å². The number of aryl methyl sites for hydroxylation is 2. The van der Waals surface area contributed by atoms with E-state index < -0.39 is 0 Å². The van der Waals surface area contributed by atoms with Crippen LogP contribution in [0.25, 0.3) is 47.1 Å². The van der Waals surface area contributed by atoms with Gasteiger partial charge in [0.2, 0.25) is 0 Å².